The maximum absolute atomic E-state index is 2.54. The normalized spacial score (nSPS) is 16.9. The first-order valence-electron chi connectivity index (χ1n) is 14.4. The predicted octanol–water partition coefficient (Wildman–Crippen LogP) is 10.9. The van der Waals surface area contributed by atoms with Crippen LogP contribution in [0.5, 0.6) is 0 Å². The van der Waals surface area contributed by atoms with Crippen molar-refractivity contribution >= 4 is 0 Å². The van der Waals surface area contributed by atoms with Gasteiger partial charge in [0.15, 0.2) is 0 Å². The first kappa shape index (κ1) is 26.7. The van der Waals surface area contributed by atoms with Gasteiger partial charge in [-0.1, -0.05) is 152 Å². The van der Waals surface area contributed by atoms with Crippen LogP contribution < -0.4 is 0 Å². The van der Waals surface area contributed by atoms with Crippen molar-refractivity contribution in [3.63, 3.8) is 0 Å². The monoisotopic (exact) mass is 502 g/mol. The van der Waals surface area contributed by atoms with Crippen LogP contribution in [0.3, 0.4) is 0 Å². The smallest absolute Gasteiger partial charge is 0.0208 e. The molecule has 1 unspecified atom stereocenters. The molecule has 2 aliphatic carbocycles. The minimum atomic E-state index is 0.108. The van der Waals surface area contributed by atoms with E-state index in [9.17, 15) is 0 Å². The summed E-state index contributed by atoms with van der Waals surface area (Å²) in [7, 11) is 0. The maximum Gasteiger partial charge on any atom is 0.0208 e. The van der Waals surface area contributed by atoms with Crippen molar-refractivity contribution in [1.29, 1.82) is 0 Å². The minimum absolute atomic E-state index is 0.108. The summed E-state index contributed by atoms with van der Waals surface area (Å²) in [5.41, 5.74) is 15.1. The molecule has 0 N–H and O–H groups in total. The van der Waals surface area contributed by atoms with Crippen molar-refractivity contribution in [2.75, 3.05) is 0 Å². The Morgan fingerprint density at radius 3 is 1.55 bits per heavy atom. The number of allylic oxidation sites excluding steroid dienone is 4. The quantitative estimate of drug-likeness (QED) is 0.334. The Balaban J connectivity index is 1.77. The topological polar surface area (TPSA) is 0 Å². The van der Waals surface area contributed by atoms with Gasteiger partial charge in [0.1, 0.15) is 0 Å². The molecule has 3 aromatic rings. The minimum Gasteiger partial charge on any atom is -0.0622 e. The molecule has 38 heavy (non-hydrogen) atoms. The van der Waals surface area contributed by atoms with Crippen LogP contribution in [0.2, 0.25) is 0 Å². The van der Waals surface area contributed by atoms with Crippen LogP contribution in [-0.2, 0) is 10.8 Å². The van der Waals surface area contributed by atoms with E-state index in [1.54, 1.807) is 11.1 Å². The lowest BCUT2D eigenvalue weighted by Gasteiger charge is -2.31. The summed E-state index contributed by atoms with van der Waals surface area (Å²) in [5, 5.41) is 0. The van der Waals surface area contributed by atoms with Crippen LogP contribution in [-0.4, -0.2) is 0 Å². The molecule has 0 heteroatoms. The first-order chi connectivity index (χ1) is 17.7. The molecular formula is C38H46. The van der Waals surface area contributed by atoms with Gasteiger partial charge in [0, 0.05) is 11.8 Å². The third-order valence-corrected chi connectivity index (χ3v) is 8.90. The molecule has 0 radical (unpaired) electrons. The second kappa shape index (κ2) is 9.11. The molecule has 1 atom stereocenters. The molecule has 0 saturated carbocycles. The Bertz CT molecular complexity index is 1360. The summed E-state index contributed by atoms with van der Waals surface area (Å²) < 4.78 is 0. The largest absolute Gasteiger partial charge is 0.0622 e. The van der Waals surface area contributed by atoms with E-state index in [2.05, 4.69) is 142 Å². The molecule has 0 nitrogen and oxygen atoms in total. The average Bonchev–Trinajstić information content (AvgIpc) is 3.37. The second-order valence-electron chi connectivity index (χ2n) is 14.8. The average molecular weight is 503 g/mol. The number of fused-ring (bicyclic) bond motifs is 3. The van der Waals surface area contributed by atoms with E-state index < -0.39 is 0 Å². The summed E-state index contributed by atoms with van der Waals surface area (Å²) in [6, 6.07) is 25.9. The molecule has 0 amide bonds. The highest BCUT2D eigenvalue weighted by Crippen LogP contribution is 2.57. The van der Waals surface area contributed by atoms with Gasteiger partial charge in [0.2, 0.25) is 0 Å². The molecule has 3 aromatic carbocycles. The van der Waals surface area contributed by atoms with E-state index in [1.165, 1.54) is 44.5 Å². The van der Waals surface area contributed by atoms with Gasteiger partial charge in [0.05, 0.1) is 0 Å². The zero-order valence-corrected chi connectivity index (χ0v) is 25.3. The van der Waals surface area contributed by atoms with Crippen LogP contribution in [0, 0.1) is 5.41 Å². The molecule has 0 fully saturated rings. The molecule has 0 saturated heterocycles. The van der Waals surface area contributed by atoms with E-state index in [4.69, 9.17) is 0 Å². The summed E-state index contributed by atoms with van der Waals surface area (Å²) in [6.45, 7) is 23.4. The fourth-order valence-corrected chi connectivity index (χ4v) is 6.43. The number of benzene rings is 3. The Labute approximate surface area is 231 Å². The summed E-state index contributed by atoms with van der Waals surface area (Å²) in [4.78, 5) is 0. The highest BCUT2D eigenvalue weighted by atomic mass is 14.4. The first-order valence-corrected chi connectivity index (χ1v) is 14.4. The second-order valence-corrected chi connectivity index (χ2v) is 14.8. The molecule has 5 rings (SSSR count). The van der Waals surface area contributed by atoms with Crippen LogP contribution >= 0.6 is 0 Å². The zero-order valence-electron chi connectivity index (χ0n) is 25.3. The standard InChI is InChI=1S/C38H46/c1-24-20-28(38(8,9)10)23-31(24)34(25-14-12-11-13-15-25)35-32-21-26(36(2,3)4)16-18-29(32)30-19-17-27(22-33(30)35)37(5,6)7/h11-22,34-35H,23H2,1-10H3. The Morgan fingerprint density at radius 1 is 0.632 bits per heavy atom. The van der Waals surface area contributed by atoms with Crippen LogP contribution in [0.1, 0.15) is 115 Å². The van der Waals surface area contributed by atoms with Crippen molar-refractivity contribution in [1.82, 2.24) is 0 Å². The fraction of sp³-hybridized carbons (Fsp3) is 0.421. The van der Waals surface area contributed by atoms with E-state index in [-0.39, 0.29) is 16.2 Å². The van der Waals surface area contributed by atoms with Crippen molar-refractivity contribution in [2.24, 2.45) is 5.41 Å². The van der Waals surface area contributed by atoms with E-state index >= 15 is 0 Å². The molecule has 0 heterocycles. The number of hydrogen-bond acceptors (Lipinski definition) is 0. The molecule has 0 bridgehead atoms. The van der Waals surface area contributed by atoms with Gasteiger partial charge in [-0.05, 0) is 68.5 Å². The maximum atomic E-state index is 2.54. The third-order valence-electron chi connectivity index (χ3n) is 8.90. The molecule has 0 spiro atoms. The van der Waals surface area contributed by atoms with Gasteiger partial charge in [-0.2, -0.15) is 0 Å². The highest BCUT2D eigenvalue weighted by molar-refractivity contribution is 5.81. The molecule has 0 aromatic heterocycles. The molecule has 198 valence electrons. The van der Waals surface area contributed by atoms with Crippen molar-refractivity contribution in [2.45, 2.75) is 98.3 Å². The summed E-state index contributed by atoms with van der Waals surface area (Å²) in [5.74, 6) is 0.599. The molecular weight excluding hydrogens is 456 g/mol. The van der Waals surface area contributed by atoms with E-state index in [0.717, 1.165) is 6.42 Å². The van der Waals surface area contributed by atoms with Gasteiger partial charge >= 0.3 is 0 Å². The number of hydrogen-bond donors (Lipinski definition) is 0. The lowest BCUT2D eigenvalue weighted by atomic mass is 9.72. The van der Waals surface area contributed by atoms with Crippen molar-refractivity contribution in [3.05, 3.63) is 117 Å². The predicted molar refractivity (Wildman–Crippen MR) is 165 cm³/mol. The third kappa shape index (κ3) is 4.72. The van der Waals surface area contributed by atoms with Crippen molar-refractivity contribution < 1.29 is 0 Å². The van der Waals surface area contributed by atoms with Crippen LogP contribution in [0.4, 0.5) is 0 Å². The van der Waals surface area contributed by atoms with Gasteiger partial charge < -0.3 is 0 Å². The Morgan fingerprint density at radius 2 is 1.13 bits per heavy atom. The van der Waals surface area contributed by atoms with Gasteiger partial charge in [-0.3, -0.25) is 0 Å². The zero-order chi connectivity index (χ0) is 27.6. The van der Waals surface area contributed by atoms with Crippen molar-refractivity contribution in [3.8, 4) is 11.1 Å². The lowest BCUT2D eigenvalue weighted by Crippen LogP contribution is -2.18. The van der Waals surface area contributed by atoms with Crippen LogP contribution in [0.15, 0.2) is 89.5 Å². The fourth-order valence-electron chi connectivity index (χ4n) is 6.43. The Kier molecular flexibility index (Phi) is 6.41. The van der Waals surface area contributed by atoms with Gasteiger partial charge in [-0.15, -0.1) is 0 Å². The van der Waals surface area contributed by atoms with Gasteiger partial charge in [-0.25, -0.2) is 0 Å². The highest BCUT2D eigenvalue weighted by Gasteiger charge is 2.40. The summed E-state index contributed by atoms with van der Waals surface area (Å²) >= 11 is 0. The number of rotatable bonds is 3. The SMILES string of the molecule is CC1=C(C(c2ccccc2)C2c3cc(C(C)(C)C)ccc3-c3ccc(C(C)(C)C)cc32)CC(C(C)(C)C)=C1. The summed E-state index contributed by atoms with van der Waals surface area (Å²) in [6.07, 6.45) is 3.55. The van der Waals surface area contributed by atoms with E-state index in [1.807, 2.05) is 0 Å². The molecule has 2 aliphatic rings. The van der Waals surface area contributed by atoms with Gasteiger partial charge in [0.25, 0.3) is 0 Å². The van der Waals surface area contributed by atoms with E-state index in [0.29, 0.717) is 11.8 Å². The van der Waals surface area contributed by atoms with Crippen LogP contribution in [0.25, 0.3) is 11.1 Å². The lowest BCUT2D eigenvalue weighted by molar-refractivity contribution is 0.489. The Hall–Kier alpha value is -2.86. The molecule has 0 aliphatic heterocycles.